The van der Waals surface area contributed by atoms with Crippen molar-refractivity contribution in [3.63, 3.8) is 0 Å². The van der Waals surface area contributed by atoms with Gasteiger partial charge in [0.25, 0.3) is 5.91 Å². The standard InChI is InChI=1S/C23H27FN2O5/c1-29-19-13-16(14-20(30-2)22(19)31-3)23(28)25-18-8-10-26(11-9-18)21(27)12-15-4-6-17(24)7-5-15/h4-7,13-14,18H,8-12H2,1-3H3,(H,25,28). The molecule has 1 fully saturated rings. The van der Waals surface area contributed by atoms with E-state index in [1.165, 1.54) is 33.5 Å². The number of hydrogen-bond acceptors (Lipinski definition) is 5. The van der Waals surface area contributed by atoms with Gasteiger partial charge in [-0.25, -0.2) is 4.39 Å². The SMILES string of the molecule is COc1cc(C(=O)NC2CCN(C(=O)Cc3ccc(F)cc3)CC2)cc(OC)c1OC. The number of hydrogen-bond donors (Lipinski definition) is 1. The zero-order valence-electron chi connectivity index (χ0n) is 17.9. The van der Waals surface area contributed by atoms with E-state index in [0.29, 0.717) is 48.7 Å². The Morgan fingerprint density at radius 1 is 1.00 bits per heavy atom. The highest BCUT2D eigenvalue weighted by Crippen LogP contribution is 2.38. The van der Waals surface area contributed by atoms with Crippen LogP contribution in [0.1, 0.15) is 28.8 Å². The van der Waals surface area contributed by atoms with E-state index in [2.05, 4.69) is 5.32 Å². The van der Waals surface area contributed by atoms with Crippen molar-refractivity contribution in [2.45, 2.75) is 25.3 Å². The molecule has 0 aromatic heterocycles. The van der Waals surface area contributed by atoms with Crippen molar-refractivity contribution in [1.82, 2.24) is 10.2 Å². The smallest absolute Gasteiger partial charge is 0.251 e. The number of benzene rings is 2. The molecule has 0 radical (unpaired) electrons. The Kier molecular flexibility index (Phi) is 7.33. The first-order valence-corrected chi connectivity index (χ1v) is 10.1. The van der Waals surface area contributed by atoms with Gasteiger partial charge in [-0.3, -0.25) is 9.59 Å². The molecule has 1 saturated heterocycles. The molecule has 1 aliphatic heterocycles. The molecule has 0 unspecified atom stereocenters. The van der Waals surface area contributed by atoms with Crippen molar-refractivity contribution in [3.8, 4) is 17.2 Å². The Morgan fingerprint density at radius 2 is 1.58 bits per heavy atom. The van der Waals surface area contributed by atoms with Gasteiger partial charge < -0.3 is 24.4 Å². The van der Waals surface area contributed by atoms with Crippen molar-refractivity contribution in [1.29, 1.82) is 0 Å². The summed E-state index contributed by atoms with van der Waals surface area (Å²) in [4.78, 5) is 27.1. The number of likely N-dealkylation sites (tertiary alicyclic amines) is 1. The molecule has 2 aromatic rings. The molecular weight excluding hydrogens is 403 g/mol. The first kappa shape index (κ1) is 22.4. The van der Waals surface area contributed by atoms with Crippen molar-refractivity contribution in [3.05, 3.63) is 53.3 Å². The summed E-state index contributed by atoms with van der Waals surface area (Å²) in [6.45, 7) is 1.11. The predicted molar refractivity (Wildman–Crippen MR) is 113 cm³/mol. The van der Waals surface area contributed by atoms with Crippen LogP contribution >= 0.6 is 0 Å². The second kappa shape index (κ2) is 10.1. The van der Waals surface area contributed by atoms with Gasteiger partial charge in [0.2, 0.25) is 11.7 Å². The number of halogens is 1. The van der Waals surface area contributed by atoms with Gasteiger partial charge in [0.15, 0.2) is 11.5 Å². The molecule has 0 aliphatic carbocycles. The van der Waals surface area contributed by atoms with Gasteiger partial charge >= 0.3 is 0 Å². The third kappa shape index (κ3) is 5.45. The monoisotopic (exact) mass is 430 g/mol. The van der Waals surface area contributed by atoms with E-state index in [1.807, 2.05) is 0 Å². The maximum atomic E-state index is 13.0. The Balaban J connectivity index is 1.56. The van der Waals surface area contributed by atoms with Crippen LogP contribution < -0.4 is 19.5 Å². The van der Waals surface area contributed by atoms with Crippen LogP contribution in [0.3, 0.4) is 0 Å². The van der Waals surface area contributed by atoms with Gasteiger partial charge in [-0.05, 0) is 42.7 Å². The third-order valence-corrected chi connectivity index (χ3v) is 5.38. The lowest BCUT2D eigenvalue weighted by molar-refractivity contribution is -0.131. The van der Waals surface area contributed by atoms with Crippen LogP contribution in [-0.4, -0.2) is 57.2 Å². The maximum Gasteiger partial charge on any atom is 0.251 e. The summed E-state index contributed by atoms with van der Waals surface area (Å²) < 4.78 is 28.9. The molecule has 31 heavy (non-hydrogen) atoms. The molecule has 7 nitrogen and oxygen atoms in total. The Hall–Kier alpha value is -3.29. The van der Waals surface area contributed by atoms with Gasteiger partial charge in [-0.2, -0.15) is 0 Å². The number of nitrogens with one attached hydrogen (secondary N) is 1. The molecule has 1 aliphatic rings. The van der Waals surface area contributed by atoms with Gasteiger partial charge in [-0.1, -0.05) is 12.1 Å². The molecule has 1 N–H and O–H groups in total. The summed E-state index contributed by atoms with van der Waals surface area (Å²) in [5, 5.41) is 3.02. The van der Waals surface area contributed by atoms with E-state index in [-0.39, 0.29) is 30.1 Å². The summed E-state index contributed by atoms with van der Waals surface area (Å²) in [6, 6.07) is 9.13. The van der Waals surface area contributed by atoms with E-state index in [9.17, 15) is 14.0 Å². The highest BCUT2D eigenvalue weighted by Gasteiger charge is 2.25. The lowest BCUT2D eigenvalue weighted by atomic mass is 10.0. The summed E-state index contributed by atoms with van der Waals surface area (Å²) in [7, 11) is 4.50. The minimum atomic E-state index is -0.320. The molecule has 3 rings (SSSR count). The fourth-order valence-corrected chi connectivity index (χ4v) is 3.64. The van der Waals surface area contributed by atoms with Crippen LogP contribution in [0.4, 0.5) is 4.39 Å². The lowest BCUT2D eigenvalue weighted by Gasteiger charge is -2.32. The minimum absolute atomic E-state index is 0.000937. The van der Waals surface area contributed by atoms with Crippen molar-refractivity contribution in [2.75, 3.05) is 34.4 Å². The van der Waals surface area contributed by atoms with Gasteiger partial charge in [0.05, 0.1) is 27.8 Å². The van der Waals surface area contributed by atoms with Gasteiger partial charge in [0.1, 0.15) is 5.82 Å². The molecular formula is C23H27FN2O5. The normalized spacial score (nSPS) is 14.1. The van der Waals surface area contributed by atoms with Crippen LogP contribution in [0.15, 0.2) is 36.4 Å². The summed E-state index contributed by atoms with van der Waals surface area (Å²) in [5.41, 5.74) is 1.19. The second-order valence-electron chi connectivity index (χ2n) is 7.35. The number of carbonyl (C=O) groups excluding carboxylic acids is 2. The van der Waals surface area contributed by atoms with E-state index in [4.69, 9.17) is 14.2 Å². The van der Waals surface area contributed by atoms with Crippen molar-refractivity contribution in [2.24, 2.45) is 0 Å². The molecule has 1 heterocycles. The molecule has 8 heteroatoms. The Morgan fingerprint density at radius 3 is 2.10 bits per heavy atom. The predicted octanol–water partition coefficient (Wildman–Crippen LogP) is 2.82. The number of nitrogens with zero attached hydrogens (tertiary/aromatic N) is 1. The first-order chi connectivity index (χ1) is 14.9. The van der Waals surface area contributed by atoms with Crippen LogP contribution in [0.2, 0.25) is 0 Å². The van der Waals surface area contributed by atoms with E-state index in [1.54, 1.807) is 29.2 Å². The average molecular weight is 430 g/mol. The van der Waals surface area contributed by atoms with Gasteiger partial charge in [0, 0.05) is 24.7 Å². The second-order valence-corrected chi connectivity index (χ2v) is 7.35. The van der Waals surface area contributed by atoms with Crippen LogP contribution in [0, 0.1) is 5.82 Å². The topological polar surface area (TPSA) is 77.1 Å². The zero-order valence-corrected chi connectivity index (χ0v) is 17.9. The molecule has 2 aromatic carbocycles. The summed E-state index contributed by atoms with van der Waals surface area (Å²) in [6.07, 6.45) is 1.55. The zero-order chi connectivity index (χ0) is 22.4. The highest BCUT2D eigenvalue weighted by molar-refractivity contribution is 5.95. The molecule has 0 saturated carbocycles. The summed E-state index contributed by atoms with van der Waals surface area (Å²) >= 11 is 0. The van der Waals surface area contributed by atoms with Crippen molar-refractivity contribution < 1.29 is 28.2 Å². The maximum absolute atomic E-state index is 13.0. The van der Waals surface area contributed by atoms with E-state index >= 15 is 0 Å². The third-order valence-electron chi connectivity index (χ3n) is 5.38. The number of carbonyl (C=O) groups is 2. The number of piperidine rings is 1. The fraction of sp³-hybridized carbons (Fsp3) is 0.391. The molecule has 166 valence electrons. The minimum Gasteiger partial charge on any atom is -0.493 e. The Bertz CT molecular complexity index is 899. The Labute approximate surface area is 181 Å². The van der Waals surface area contributed by atoms with Crippen LogP contribution in [0.5, 0.6) is 17.2 Å². The largest absolute Gasteiger partial charge is 0.493 e. The van der Waals surface area contributed by atoms with E-state index in [0.717, 1.165) is 5.56 Å². The number of rotatable bonds is 7. The van der Waals surface area contributed by atoms with Crippen molar-refractivity contribution >= 4 is 11.8 Å². The van der Waals surface area contributed by atoms with Gasteiger partial charge in [-0.15, -0.1) is 0 Å². The van der Waals surface area contributed by atoms with Crippen LogP contribution in [0.25, 0.3) is 0 Å². The number of ether oxygens (including phenoxy) is 3. The highest BCUT2D eigenvalue weighted by atomic mass is 19.1. The fourth-order valence-electron chi connectivity index (χ4n) is 3.64. The molecule has 0 spiro atoms. The average Bonchev–Trinajstić information content (AvgIpc) is 2.79. The first-order valence-electron chi connectivity index (χ1n) is 10.1. The molecule has 0 atom stereocenters. The van der Waals surface area contributed by atoms with E-state index < -0.39 is 0 Å². The lowest BCUT2D eigenvalue weighted by Crippen LogP contribution is -2.47. The molecule has 0 bridgehead atoms. The van der Waals surface area contributed by atoms with Crippen LogP contribution in [-0.2, 0) is 11.2 Å². The molecule has 2 amide bonds. The number of amides is 2. The number of methoxy groups -OCH3 is 3. The summed E-state index contributed by atoms with van der Waals surface area (Å²) in [5.74, 6) is 0.687. The quantitative estimate of drug-likeness (QED) is 0.731.